The number of nitrogens with zero attached hydrogens (tertiary/aromatic N) is 5. The van der Waals surface area contributed by atoms with Crippen molar-refractivity contribution in [2.45, 2.75) is 64.8 Å². The van der Waals surface area contributed by atoms with Gasteiger partial charge >= 0.3 is 12.4 Å². The second-order valence-electron chi connectivity index (χ2n) is 11.7. The largest absolute Gasteiger partial charge is 0.573 e. The molecular formula is C34H36F4N6O2S. The van der Waals surface area contributed by atoms with Crippen LogP contribution in [0.3, 0.4) is 0 Å². The van der Waals surface area contributed by atoms with Crippen molar-refractivity contribution in [3.05, 3.63) is 90.0 Å². The predicted molar refractivity (Wildman–Crippen MR) is 177 cm³/mol. The molecule has 13 heteroatoms. The summed E-state index contributed by atoms with van der Waals surface area (Å²) in [5, 5.41) is 7.99. The number of ether oxygens (including phenoxy) is 1. The summed E-state index contributed by atoms with van der Waals surface area (Å²) in [6.45, 7) is 8.65. The highest BCUT2D eigenvalue weighted by atomic mass is 32.2. The minimum atomic E-state index is -4.75. The van der Waals surface area contributed by atoms with Crippen LogP contribution in [-0.4, -0.2) is 50.7 Å². The summed E-state index contributed by atoms with van der Waals surface area (Å²) in [5.74, 6) is 0.969. The Morgan fingerprint density at radius 1 is 1.09 bits per heavy atom. The molecule has 0 aliphatic carbocycles. The number of alkyl halides is 3. The van der Waals surface area contributed by atoms with Crippen molar-refractivity contribution in [1.29, 1.82) is 0 Å². The smallest absolute Gasteiger partial charge is 0.406 e. The van der Waals surface area contributed by atoms with E-state index in [1.807, 2.05) is 43.0 Å². The quantitative estimate of drug-likeness (QED) is 0.180. The number of benzene rings is 3. The lowest BCUT2D eigenvalue weighted by Crippen LogP contribution is -2.42. The van der Waals surface area contributed by atoms with Crippen LogP contribution in [0, 0.1) is 5.82 Å². The van der Waals surface area contributed by atoms with Gasteiger partial charge in [-0.05, 0) is 85.2 Å². The number of carbonyl (C=O) groups excluding carboxylic acids is 1. The zero-order valence-electron chi connectivity index (χ0n) is 26.5. The van der Waals surface area contributed by atoms with Crippen molar-refractivity contribution in [3.63, 3.8) is 0 Å². The molecule has 1 N–H and O–H groups in total. The molecule has 248 valence electrons. The van der Waals surface area contributed by atoms with Crippen LogP contribution in [0.1, 0.15) is 63.5 Å². The number of thioether (sulfide) groups is 1. The van der Waals surface area contributed by atoms with Crippen LogP contribution >= 0.6 is 11.8 Å². The van der Waals surface area contributed by atoms with E-state index in [0.717, 1.165) is 34.6 Å². The first-order chi connectivity index (χ1) is 22.4. The van der Waals surface area contributed by atoms with Gasteiger partial charge in [0.25, 0.3) is 0 Å². The van der Waals surface area contributed by atoms with Gasteiger partial charge in [0.05, 0.1) is 5.69 Å². The molecule has 0 bridgehead atoms. The van der Waals surface area contributed by atoms with Crippen LogP contribution in [0.15, 0.2) is 78.0 Å². The monoisotopic (exact) mass is 668 g/mol. The Labute approximate surface area is 275 Å². The number of amides is 2. The molecule has 4 aromatic rings. The summed E-state index contributed by atoms with van der Waals surface area (Å²) in [6, 6.07) is 17.6. The van der Waals surface area contributed by atoms with Gasteiger partial charge in [0.15, 0.2) is 11.0 Å². The molecular weight excluding hydrogens is 632 g/mol. The van der Waals surface area contributed by atoms with E-state index in [9.17, 15) is 22.4 Å². The van der Waals surface area contributed by atoms with Gasteiger partial charge in [0.2, 0.25) is 0 Å². The lowest BCUT2D eigenvalue weighted by atomic mass is 9.96. The van der Waals surface area contributed by atoms with E-state index in [0.29, 0.717) is 29.6 Å². The summed E-state index contributed by atoms with van der Waals surface area (Å²) in [5.41, 5.74) is 4.15. The summed E-state index contributed by atoms with van der Waals surface area (Å²) < 4.78 is 56.8. The SMILES string of the molecule is CC(C)c1cc(F)ccc1N1/C(=N/C(=O)NCCC(C)c2ccc(-c3ncn(-c4ccc(OC(F)(F)F)cc4)n3)cc2)SCCC1C. The molecule has 8 nitrogen and oxygen atoms in total. The van der Waals surface area contributed by atoms with Crippen molar-refractivity contribution >= 4 is 28.6 Å². The van der Waals surface area contributed by atoms with Crippen LogP contribution in [0.4, 0.5) is 28.0 Å². The summed E-state index contributed by atoms with van der Waals surface area (Å²) >= 11 is 1.53. The molecule has 2 unspecified atom stereocenters. The number of hydrogen-bond donors (Lipinski definition) is 1. The lowest BCUT2D eigenvalue weighted by Gasteiger charge is -2.37. The van der Waals surface area contributed by atoms with Crippen molar-refractivity contribution in [3.8, 4) is 22.8 Å². The van der Waals surface area contributed by atoms with E-state index in [2.05, 4.69) is 39.0 Å². The minimum Gasteiger partial charge on any atom is -0.406 e. The average Bonchev–Trinajstić information content (AvgIpc) is 3.51. The van der Waals surface area contributed by atoms with Crippen LogP contribution < -0.4 is 15.0 Å². The molecule has 3 aromatic carbocycles. The number of hydrogen-bond acceptors (Lipinski definition) is 5. The number of carbonyl (C=O) groups is 1. The third-order valence-corrected chi connectivity index (χ3v) is 8.89. The highest BCUT2D eigenvalue weighted by Gasteiger charge is 2.31. The third kappa shape index (κ3) is 8.70. The van der Waals surface area contributed by atoms with Gasteiger partial charge in [-0.2, -0.15) is 4.99 Å². The van der Waals surface area contributed by atoms with E-state index in [1.54, 1.807) is 12.1 Å². The molecule has 2 atom stereocenters. The van der Waals surface area contributed by atoms with E-state index in [-0.39, 0.29) is 29.4 Å². The standard InChI is InChI=1S/C34H36F4N6O2S/c1-21(2)29-19-26(35)9-14-30(29)44-23(4)16-18-47-33(44)41-32(45)39-17-15-22(3)24-5-7-25(8-6-24)31-40-20-43(42-31)27-10-12-28(13-11-27)46-34(36,37)38/h5-14,19-23H,15-18H2,1-4H3,(H,39,45)/b41-33-. The number of rotatable bonds is 9. The minimum absolute atomic E-state index is 0.107. The topological polar surface area (TPSA) is 84.6 Å². The van der Waals surface area contributed by atoms with E-state index in [4.69, 9.17) is 0 Å². The number of nitrogens with one attached hydrogen (secondary N) is 1. The highest BCUT2D eigenvalue weighted by molar-refractivity contribution is 8.14. The van der Waals surface area contributed by atoms with Gasteiger partial charge < -0.3 is 15.0 Å². The van der Waals surface area contributed by atoms with Crippen LogP contribution in [0.25, 0.3) is 17.1 Å². The number of aromatic nitrogens is 3. The van der Waals surface area contributed by atoms with Gasteiger partial charge in [0.1, 0.15) is 17.9 Å². The van der Waals surface area contributed by atoms with Crippen molar-refractivity contribution in [1.82, 2.24) is 20.1 Å². The Hall–Kier alpha value is -4.39. The van der Waals surface area contributed by atoms with Gasteiger partial charge in [-0.3, -0.25) is 0 Å². The Morgan fingerprint density at radius 2 is 1.81 bits per heavy atom. The highest BCUT2D eigenvalue weighted by Crippen LogP contribution is 2.35. The summed E-state index contributed by atoms with van der Waals surface area (Å²) in [4.78, 5) is 23.7. The number of anilines is 1. The second kappa shape index (κ2) is 14.6. The molecule has 2 heterocycles. The fourth-order valence-corrected chi connectivity index (χ4v) is 6.52. The molecule has 0 saturated carbocycles. The first-order valence-corrected chi connectivity index (χ1v) is 16.3. The molecule has 1 saturated heterocycles. The fraction of sp³-hybridized carbons (Fsp3) is 0.353. The maximum Gasteiger partial charge on any atom is 0.573 e. The molecule has 2 amide bonds. The molecule has 47 heavy (non-hydrogen) atoms. The number of aliphatic imine (C=N–C) groups is 1. The average molecular weight is 669 g/mol. The number of urea groups is 1. The van der Waals surface area contributed by atoms with Crippen molar-refractivity contribution < 1.29 is 27.1 Å². The number of amidine groups is 1. The van der Waals surface area contributed by atoms with E-state index >= 15 is 0 Å². The van der Waals surface area contributed by atoms with Gasteiger partial charge in [0, 0.05) is 29.6 Å². The third-order valence-electron chi connectivity index (χ3n) is 7.90. The molecule has 0 radical (unpaired) electrons. The number of halogens is 4. The Morgan fingerprint density at radius 3 is 2.49 bits per heavy atom. The molecule has 1 aliphatic heterocycles. The Bertz CT molecular complexity index is 1710. The van der Waals surface area contributed by atoms with Crippen molar-refractivity contribution in [2.24, 2.45) is 4.99 Å². The fourth-order valence-electron chi connectivity index (χ4n) is 5.31. The summed E-state index contributed by atoms with van der Waals surface area (Å²) in [7, 11) is 0. The molecule has 1 fully saturated rings. The Balaban J connectivity index is 1.17. The van der Waals surface area contributed by atoms with E-state index in [1.165, 1.54) is 53.1 Å². The molecule has 5 rings (SSSR count). The Kier molecular flexibility index (Phi) is 10.5. The molecule has 1 aromatic heterocycles. The first-order valence-electron chi connectivity index (χ1n) is 15.3. The maximum atomic E-state index is 14.1. The van der Waals surface area contributed by atoms with Gasteiger partial charge in [-0.1, -0.05) is 56.8 Å². The normalized spacial score (nSPS) is 16.8. The maximum absolute atomic E-state index is 14.1. The van der Waals surface area contributed by atoms with E-state index < -0.39 is 12.4 Å². The lowest BCUT2D eigenvalue weighted by molar-refractivity contribution is -0.274. The zero-order valence-corrected chi connectivity index (χ0v) is 27.3. The van der Waals surface area contributed by atoms with Gasteiger partial charge in [-0.15, -0.1) is 18.3 Å². The summed E-state index contributed by atoms with van der Waals surface area (Å²) in [6.07, 6.45) is -1.65. The van der Waals surface area contributed by atoms with Crippen LogP contribution in [-0.2, 0) is 0 Å². The first kappa shape index (κ1) is 34.0. The zero-order chi connectivity index (χ0) is 33.7. The second-order valence-corrected chi connectivity index (χ2v) is 12.8. The van der Waals surface area contributed by atoms with Crippen molar-refractivity contribution in [2.75, 3.05) is 17.2 Å². The molecule has 1 aliphatic rings. The van der Waals surface area contributed by atoms with Crippen LogP contribution in [0.5, 0.6) is 5.75 Å². The van der Waals surface area contributed by atoms with Crippen LogP contribution in [0.2, 0.25) is 0 Å². The van der Waals surface area contributed by atoms with Gasteiger partial charge in [-0.25, -0.2) is 18.9 Å². The molecule has 0 spiro atoms. The predicted octanol–water partition coefficient (Wildman–Crippen LogP) is 8.69.